The third-order valence-electron chi connectivity index (χ3n) is 6.05. The van der Waals surface area contributed by atoms with E-state index in [1.807, 2.05) is 55.5 Å². The van der Waals surface area contributed by atoms with Gasteiger partial charge < -0.3 is 4.74 Å². The average Bonchev–Trinajstić information content (AvgIpc) is 3.08. The first-order chi connectivity index (χ1) is 15.3. The van der Waals surface area contributed by atoms with Crippen molar-refractivity contribution >= 4 is 23.3 Å². The van der Waals surface area contributed by atoms with Gasteiger partial charge in [0.2, 0.25) is 0 Å². The van der Waals surface area contributed by atoms with Crippen molar-refractivity contribution in [1.29, 1.82) is 0 Å². The van der Waals surface area contributed by atoms with Crippen LogP contribution in [0.15, 0.2) is 68.7 Å². The Morgan fingerprint density at radius 2 is 1.62 bits per heavy atom. The molecule has 0 fully saturated rings. The molecule has 0 bridgehead atoms. The average molecular weight is 427 g/mol. The molecule has 3 aromatic rings. The fourth-order valence-corrected chi connectivity index (χ4v) is 4.52. The Bertz CT molecular complexity index is 1490. The molecular formula is C25H21N3O4. The maximum Gasteiger partial charge on any atom is 0.332 e. The molecule has 160 valence electrons. The molecule has 0 spiro atoms. The summed E-state index contributed by atoms with van der Waals surface area (Å²) < 4.78 is 8.19. The summed E-state index contributed by atoms with van der Waals surface area (Å²) in [5.74, 6) is -0.281. The second-order valence-corrected chi connectivity index (χ2v) is 8.13. The molecule has 1 aromatic heterocycles. The molecule has 0 radical (unpaired) electrons. The normalized spacial score (nSPS) is 16.2. The van der Waals surface area contributed by atoms with Crippen LogP contribution in [0, 0.1) is 6.92 Å². The summed E-state index contributed by atoms with van der Waals surface area (Å²) >= 11 is 0. The SMILES string of the molecule is CC(=O)OC1=C2C(=Nc3c(c(=O)n(C)c(=O)n3C)C2c2ccc(C)cc2)c2ccccc21. The maximum atomic E-state index is 13.4. The number of benzene rings is 2. The van der Waals surface area contributed by atoms with E-state index in [2.05, 4.69) is 0 Å². The zero-order chi connectivity index (χ0) is 22.7. The Hall–Kier alpha value is -4.00. The van der Waals surface area contributed by atoms with Crippen LogP contribution in [0.25, 0.3) is 5.76 Å². The van der Waals surface area contributed by atoms with Crippen molar-refractivity contribution in [2.24, 2.45) is 19.1 Å². The summed E-state index contributed by atoms with van der Waals surface area (Å²) in [6.07, 6.45) is 0. The van der Waals surface area contributed by atoms with E-state index in [1.165, 1.54) is 18.5 Å². The topological polar surface area (TPSA) is 82.7 Å². The monoisotopic (exact) mass is 427 g/mol. The molecule has 1 atom stereocenters. The van der Waals surface area contributed by atoms with E-state index in [1.54, 1.807) is 7.05 Å². The zero-order valence-electron chi connectivity index (χ0n) is 18.2. The molecular weight excluding hydrogens is 406 g/mol. The number of allylic oxidation sites excluding steroid dienone is 1. The second kappa shape index (κ2) is 7.02. The highest BCUT2D eigenvalue weighted by Crippen LogP contribution is 2.48. The molecule has 32 heavy (non-hydrogen) atoms. The number of fused-ring (bicyclic) bond motifs is 4. The molecule has 7 nitrogen and oxygen atoms in total. The van der Waals surface area contributed by atoms with Gasteiger partial charge in [-0.25, -0.2) is 9.79 Å². The van der Waals surface area contributed by atoms with E-state index in [0.29, 0.717) is 28.4 Å². The lowest BCUT2D eigenvalue weighted by Crippen LogP contribution is -2.41. The van der Waals surface area contributed by atoms with E-state index in [0.717, 1.165) is 26.8 Å². The van der Waals surface area contributed by atoms with Crippen LogP contribution in [0.4, 0.5) is 5.82 Å². The molecule has 0 saturated carbocycles. The van der Waals surface area contributed by atoms with Gasteiger partial charge in [0.05, 0.1) is 11.3 Å². The number of aliphatic imine (C=N–C) groups is 1. The van der Waals surface area contributed by atoms with Crippen LogP contribution in [0.5, 0.6) is 0 Å². The molecule has 5 rings (SSSR count). The molecule has 2 heterocycles. The van der Waals surface area contributed by atoms with Gasteiger partial charge >= 0.3 is 11.7 Å². The third-order valence-corrected chi connectivity index (χ3v) is 6.05. The summed E-state index contributed by atoms with van der Waals surface area (Å²) in [5, 5.41) is 0. The number of aromatic nitrogens is 2. The standard InChI is InChI=1S/C25H21N3O4/c1-13-9-11-15(12-10-13)18-19-21(16-7-5-6-8-17(16)22(19)32-14(2)29)26-23-20(18)24(30)28(4)25(31)27(23)3/h5-12,18H,1-4H3. The van der Waals surface area contributed by atoms with Crippen molar-refractivity contribution in [3.8, 4) is 0 Å². The smallest absolute Gasteiger partial charge is 0.332 e. The first-order valence-corrected chi connectivity index (χ1v) is 10.3. The van der Waals surface area contributed by atoms with Gasteiger partial charge in [0, 0.05) is 43.6 Å². The first kappa shape index (κ1) is 19.9. The Labute approximate surface area is 183 Å². The predicted molar refractivity (Wildman–Crippen MR) is 121 cm³/mol. The van der Waals surface area contributed by atoms with Crippen LogP contribution in [0.2, 0.25) is 0 Å². The zero-order valence-corrected chi connectivity index (χ0v) is 18.2. The number of esters is 1. The van der Waals surface area contributed by atoms with Gasteiger partial charge in [0.1, 0.15) is 11.6 Å². The van der Waals surface area contributed by atoms with Crippen molar-refractivity contribution in [2.75, 3.05) is 0 Å². The number of carbonyl (C=O) groups is 1. The lowest BCUT2D eigenvalue weighted by atomic mass is 9.81. The van der Waals surface area contributed by atoms with E-state index < -0.39 is 23.1 Å². The van der Waals surface area contributed by atoms with E-state index in [9.17, 15) is 14.4 Å². The first-order valence-electron chi connectivity index (χ1n) is 10.3. The maximum absolute atomic E-state index is 13.4. The number of ether oxygens (including phenoxy) is 1. The number of aryl methyl sites for hydroxylation is 1. The van der Waals surface area contributed by atoms with Crippen LogP contribution in [-0.2, 0) is 23.6 Å². The Kier molecular flexibility index (Phi) is 4.37. The molecule has 1 aliphatic heterocycles. The van der Waals surface area contributed by atoms with Gasteiger partial charge in [-0.3, -0.25) is 18.7 Å². The van der Waals surface area contributed by atoms with Crippen LogP contribution in [-0.4, -0.2) is 20.8 Å². The Morgan fingerprint density at radius 1 is 0.969 bits per heavy atom. The largest absolute Gasteiger partial charge is 0.426 e. The number of hydrogen-bond donors (Lipinski definition) is 0. The Morgan fingerprint density at radius 3 is 2.28 bits per heavy atom. The van der Waals surface area contributed by atoms with Crippen molar-refractivity contribution < 1.29 is 9.53 Å². The van der Waals surface area contributed by atoms with E-state index in [4.69, 9.17) is 9.73 Å². The minimum atomic E-state index is -0.551. The summed E-state index contributed by atoms with van der Waals surface area (Å²) in [7, 11) is 3.07. The van der Waals surface area contributed by atoms with Gasteiger partial charge in [-0.05, 0) is 12.5 Å². The van der Waals surface area contributed by atoms with Crippen LogP contribution in [0.3, 0.4) is 0 Å². The van der Waals surface area contributed by atoms with Gasteiger partial charge in [-0.2, -0.15) is 0 Å². The lowest BCUT2D eigenvalue weighted by Gasteiger charge is -2.27. The number of hydrogen-bond acceptors (Lipinski definition) is 5. The van der Waals surface area contributed by atoms with Gasteiger partial charge in [0.15, 0.2) is 0 Å². The molecule has 0 amide bonds. The van der Waals surface area contributed by atoms with Crippen molar-refractivity contribution in [2.45, 2.75) is 19.8 Å². The van der Waals surface area contributed by atoms with E-state index in [-0.39, 0.29) is 0 Å². The molecule has 0 saturated heterocycles. The van der Waals surface area contributed by atoms with Crippen LogP contribution >= 0.6 is 0 Å². The fourth-order valence-electron chi connectivity index (χ4n) is 4.52. The summed E-state index contributed by atoms with van der Waals surface area (Å²) in [6, 6.07) is 15.4. The second-order valence-electron chi connectivity index (χ2n) is 8.13. The number of carbonyl (C=O) groups excluding carboxylic acids is 1. The predicted octanol–water partition coefficient (Wildman–Crippen LogP) is 2.95. The van der Waals surface area contributed by atoms with Gasteiger partial charge in [-0.1, -0.05) is 54.1 Å². The number of rotatable bonds is 2. The lowest BCUT2D eigenvalue weighted by molar-refractivity contribution is -0.134. The fraction of sp³-hybridized carbons (Fsp3) is 0.200. The third kappa shape index (κ3) is 2.74. The molecule has 1 aliphatic carbocycles. The highest BCUT2D eigenvalue weighted by molar-refractivity contribution is 6.25. The summed E-state index contributed by atoms with van der Waals surface area (Å²) in [6.45, 7) is 3.34. The minimum absolute atomic E-state index is 0.321. The summed E-state index contributed by atoms with van der Waals surface area (Å²) in [5.41, 5.74) is 4.27. The van der Waals surface area contributed by atoms with Crippen LogP contribution in [0.1, 0.15) is 40.7 Å². The molecule has 2 aromatic carbocycles. The highest BCUT2D eigenvalue weighted by atomic mass is 16.5. The summed E-state index contributed by atoms with van der Waals surface area (Å²) in [4.78, 5) is 42.9. The number of nitrogens with zero attached hydrogens (tertiary/aromatic N) is 3. The van der Waals surface area contributed by atoms with E-state index >= 15 is 0 Å². The highest BCUT2D eigenvalue weighted by Gasteiger charge is 2.42. The molecule has 0 N–H and O–H groups in total. The quantitative estimate of drug-likeness (QED) is 0.589. The molecule has 1 unspecified atom stereocenters. The molecule has 2 aliphatic rings. The van der Waals surface area contributed by atoms with Gasteiger partial charge in [-0.15, -0.1) is 0 Å². The van der Waals surface area contributed by atoms with Crippen LogP contribution < -0.4 is 11.2 Å². The molecule has 7 heteroatoms. The van der Waals surface area contributed by atoms with Crippen molar-refractivity contribution in [3.05, 3.63) is 103 Å². The van der Waals surface area contributed by atoms with Gasteiger partial charge in [0.25, 0.3) is 5.56 Å². The Balaban J connectivity index is 1.95. The van der Waals surface area contributed by atoms with Crippen molar-refractivity contribution in [3.63, 3.8) is 0 Å². The van der Waals surface area contributed by atoms with Crippen molar-refractivity contribution in [1.82, 2.24) is 9.13 Å². The minimum Gasteiger partial charge on any atom is -0.426 e.